The molecule has 27 heavy (non-hydrogen) atoms. The van der Waals surface area contributed by atoms with Crippen LogP contribution in [0, 0.1) is 0 Å². The minimum atomic E-state index is -0.339. The second-order valence-corrected chi connectivity index (χ2v) is 6.97. The highest BCUT2D eigenvalue weighted by molar-refractivity contribution is 5.87. The quantitative estimate of drug-likeness (QED) is 0.223. The van der Waals surface area contributed by atoms with Crippen LogP contribution in [0.4, 0.5) is 0 Å². The Morgan fingerprint density at radius 3 is 2.15 bits per heavy atom. The van der Waals surface area contributed by atoms with E-state index in [2.05, 4.69) is 6.92 Å². The number of hydrogen-bond donors (Lipinski definition) is 1. The van der Waals surface area contributed by atoms with Crippen molar-refractivity contribution in [3.8, 4) is 11.5 Å². The summed E-state index contributed by atoms with van der Waals surface area (Å²) in [5.41, 5.74) is 0.774. The van der Waals surface area contributed by atoms with Crippen molar-refractivity contribution in [2.75, 3.05) is 13.7 Å². The lowest BCUT2D eigenvalue weighted by Crippen LogP contribution is -2.02. The summed E-state index contributed by atoms with van der Waals surface area (Å²) in [5.74, 6) is 0.120. The van der Waals surface area contributed by atoms with Crippen LogP contribution < -0.4 is 4.74 Å². The van der Waals surface area contributed by atoms with Gasteiger partial charge in [-0.1, -0.05) is 77.2 Å². The summed E-state index contributed by atoms with van der Waals surface area (Å²) in [7, 11) is 1.49. The van der Waals surface area contributed by atoms with Gasteiger partial charge in [-0.2, -0.15) is 0 Å². The minimum absolute atomic E-state index is 0.0775. The topological polar surface area (TPSA) is 55.8 Å². The van der Waals surface area contributed by atoms with Crippen molar-refractivity contribution in [1.29, 1.82) is 0 Å². The standard InChI is InChI=1S/C23H36O4/c1-3-4-5-6-7-8-9-10-11-12-13-18-27-23(25)17-15-20-14-16-21(24)22(19-20)26-2/h14-17,19,24H,3-13,18H2,1-2H3/b17-15+. The molecule has 0 amide bonds. The van der Waals surface area contributed by atoms with Gasteiger partial charge in [-0.3, -0.25) is 0 Å². The van der Waals surface area contributed by atoms with Gasteiger partial charge in [0, 0.05) is 6.08 Å². The van der Waals surface area contributed by atoms with Crippen molar-refractivity contribution in [3.05, 3.63) is 29.8 Å². The third-order valence-corrected chi connectivity index (χ3v) is 4.61. The number of aromatic hydroxyl groups is 1. The predicted octanol–water partition coefficient (Wildman–Crippen LogP) is 6.27. The van der Waals surface area contributed by atoms with Crippen LogP contribution in [-0.2, 0) is 9.53 Å². The SMILES string of the molecule is CCCCCCCCCCCCCOC(=O)/C=C/c1ccc(O)c(OC)c1. The van der Waals surface area contributed by atoms with Gasteiger partial charge < -0.3 is 14.6 Å². The number of esters is 1. The van der Waals surface area contributed by atoms with E-state index in [1.54, 1.807) is 18.2 Å². The van der Waals surface area contributed by atoms with E-state index in [1.807, 2.05) is 0 Å². The molecule has 0 heterocycles. The minimum Gasteiger partial charge on any atom is -0.504 e. The Kier molecular flexibility index (Phi) is 12.9. The maximum Gasteiger partial charge on any atom is 0.330 e. The van der Waals surface area contributed by atoms with Gasteiger partial charge in [-0.25, -0.2) is 4.79 Å². The molecule has 4 nitrogen and oxygen atoms in total. The smallest absolute Gasteiger partial charge is 0.330 e. The summed E-state index contributed by atoms with van der Waals surface area (Å²) < 4.78 is 10.3. The van der Waals surface area contributed by atoms with Crippen molar-refractivity contribution in [2.24, 2.45) is 0 Å². The molecule has 1 aromatic rings. The molecular formula is C23H36O4. The van der Waals surface area contributed by atoms with Gasteiger partial charge >= 0.3 is 5.97 Å². The highest BCUT2D eigenvalue weighted by atomic mass is 16.5. The number of benzene rings is 1. The van der Waals surface area contributed by atoms with E-state index in [4.69, 9.17) is 9.47 Å². The molecule has 0 unspecified atom stereocenters. The average molecular weight is 377 g/mol. The third-order valence-electron chi connectivity index (χ3n) is 4.61. The Morgan fingerprint density at radius 1 is 0.963 bits per heavy atom. The molecule has 0 radical (unpaired) electrons. The molecule has 152 valence electrons. The van der Waals surface area contributed by atoms with Crippen LogP contribution in [0.15, 0.2) is 24.3 Å². The van der Waals surface area contributed by atoms with Gasteiger partial charge in [0.25, 0.3) is 0 Å². The molecule has 0 fully saturated rings. The Labute approximate surface area is 164 Å². The average Bonchev–Trinajstić information content (AvgIpc) is 2.68. The van der Waals surface area contributed by atoms with E-state index in [0.717, 1.165) is 18.4 Å². The number of carbonyl (C=O) groups excluding carboxylic acids is 1. The molecule has 0 bridgehead atoms. The summed E-state index contributed by atoms with van der Waals surface area (Å²) in [6.07, 6.45) is 17.1. The van der Waals surface area contributed by atoms with E-state index >= 15 is 0 Å². The molecule has 1 rings (SSSR count). The van der Waals surface area contributed by atoms with Crippen LogP contribution >= 0.6 is 0 Å². The van der Waals surface area contributed by atoms with Crippen molar-refractivity contribution in [3.63, 3.8) is 0 Å². The fourth-order valence-electron chi connectivity index (χ4n) is 2.95. The van der Waals surface area contributed by atoms with Gasteiger partial charge in [-0.05, 0) is 30.2 Å². The number of unbranched alkanes of at least 4 members (excludes halogenated alkanes) is 10. The maximum absolute atomic E-state index is 11.7. The number of rotatable bonds is 15. The lowest BCUT2D eigenvalue weighted by atomic mass is 10.1. The van der Waals surface area contributed by atoms with Crippen molar-refractivity contribution in [2.45, 2.75) is 77.6 Å². The van der Waals surface area contributed by atoms with Crippen molar-refractivity contribution in [1.82, 2.24) is 0 Å². The molecule has 4 heteroatoms. The first kappa shape index (κ1) is 23.1. The zero-order valence-corrected chi connectivity index (χ0v) is 17.0. The number of methoxy groups -OCH3 is 1. The highest BCUT2D eigenvalue weighted by Crippen LogP contribution is 2.26. The van der Waals surface area contributed by atoms with Gasteiger partial charge in [0.15, 0.2) is 11.5 Å². The first-order valence-electron chi connectivity index (χ1n) is 10.4. The molecular weight excluding hydrogens is 340 g/mol. The second-order valence-electron chi connectivity index (χ2n) is 6.97. The third kappa shape index (κ3) is 11.4. The predicted molar refractivity (Wildman–Crippen MR) is 111 cm³/mol. The van der Waals surface area contributed by atoms with Gasteiger partial charge in [0.1, 0.15) is 0 Å². The molecule has 0 aliphatic carbocycles. The van der Waals surface area contributed by atoms with Gasteiger partial charge in [0.05, 0.1) is 13.7 Å². The number of hydrogen-bond acceptors (Lipinski definition) is 4. The van der Waals surface area contributed by atoms with Crippen LogP contribution in [0.2, 0.25) is 0 Å². The normalized spacial score (nSPS) is 11.0. The molecule has 0 saturated heterocycles. The Morgan fingerprint density at radius 2 is 1.56 bits per heavy atom. The molecule has 1 aromatic carbocycles. The number of carbonyl (C=O) groups is 1. The summed E-state index contributed by atoms with van der Waals surface area (Å²) in [4.78, 5) is 11.7. The summed E-state index contributed by atoms with van der Waals surface area (Å²) in [6.45, 7) is 2.72. The molecule has 1 N–H and O–H groups in total. The fourth-order valence-corrected chi connectivity index (χ4v) is 2.95. The molecule has 0 spiro atoms. The lowest BCUT2D eigenvalue weighted by Gasteiger charge is -2.04. The molecule has 0 saturated carbocycles. The Balaban J connectivity index is 2.03. The molecule has 0 aliphatic rings. The first-order valence-corrected chi connectivity index (χ1v) is 10.4. The van der Waals surface area contributed by atoms with Crippen LogP contribution in [0.25, 0.3) is 6.08 Å². The van der Waals surface area contributed by atoms with Crippen LogP contribution in [-0.4, -0.2) is 24.8 Å². The van der Waals surface area contributed by atoms with E-state index in [9.17, 15) is 9.90 Å². The zero-order valence-electron chi connectivity index (χ0n) is 17.0. The van der Waals surface area contributed by atoms with Gasteiger partial charge in [0.2, 0.25) is 0 Å². The van der Waals surface area contributed by atoms with Crippen LogP contribution in [0.5, 0.6) is 11.5 Å². The number of phenolic OH excluding ortho intramolecular Hbond substituents is 1. The lowest BCUT2D eigenvalue weighted by molar-refractivity contribution is -0.137. The number of phenols is 1. The van der Waals surface area contributed by atoms with E-state index in [0.29, 0.717) is 12.4 Å². The first-order chi connectivity index (χ1) is 13.2. The second kappa shape index (κ2) is 15.1. The Bertz CT molecular complexity index is 551. The fraction of sp³-hybridized carbons (Fsp3) is 0.609. The summed E-state index contributed by atoms with van der Waals surface area (Å²) in [5, 5.41) is 9.55. The Hall–Kier alpha value is -1.97. The van der Waals surface area contributed by atoms with Crippen LogP contribution in [0.3, 0.4) is 0 Å². The van der Waals surface area contributed by atoms with Gasteiger partial charge in [-0.15, -0.1) is 0 Å². The van der Waals surface area contributed by atoms with Crippen molar-refractivity contribution >= 4 is 12.0 Å². The van der Waals surface area contributed by atoms with E-state index in [1.165, 1.54) is 77.0 Å². The van der Waals surface area contributed by atoms with Crippen molar-refractivity contribution < 1.29 is 19.4 Å². The molecule has 0 atom stereocenters. The molecule has 0 aliphatic heterocycles. The number of ether oxygens (including phenoxy) is 2. The van der Waals surface area contributed by atoms with Crippen LogP contribution in [0.1, 0.15) is 83.1 Å². The highest BCUT2D eigenvalue weighted by Gasteiger charge is 2.02. The summed E-state index contributed by atoms with van der Waals surface area (Å²) in [6, 6.07) is 4.92. The monoisotopic (exact) mass is 376 g/mol. The molecule has 0 aromatic heterocycles. The van der Waals surface area contributed by atoms with E-state index < -0.39 is 0 Å². The largest absolute Gasteiger partial charge is 0.504 e. The van der Waals surface area contributed by atoms with E-state index in [-0.39, 0.29) is 11.7 Å². The zero-order chi connectivity index (χ0) is 19.7. The summed E-state index contributed by atoms with van der Waals surface area (Å²) >= 11 is 0. The maximum atomic E-state index is 11.7.